The number of nitro groups is 1. The van der Waals surface area contributed by atoms with E-state index in [0.717, 1.165) is 6.92 Å². The Morgan fingerprint density at radius 3 is 2.50 bits per heavy atom. The summed E-state index contributed by atoms with van der Waals surface area (Å²) in [5.41, 5.74) is -0.163. The third-order valence-corrected chi connectivity index (χ3v) is 1.23. The van der Waals surface area contributed by atoms with E-state index >= 15 is 0 Å². The monoisotopic (exact) mass is 218 g/mol. The van der Waals surface area contributed by atoms with Crippen LogP contribution in [0.2, 0.25) is 5.15 Å². The zero-order valence-corrected chi connectivity index (χ0v) is 7.93. The summed E-state index contributed by atoms with van der Waals surface area (Å²) in [4.78, 5) is 22.1. The number of rotatable bonds is 1. The number of nitrogens with zero attached hydrogens (tertiary/aromatic N) is 2. The molecule has 1 aromatic rings. The Labute approximate surface area is 84.3 Å². The van der Waals surface area contributed by atoms with Gasteiger partial charge in [-0.05, 0) is 6.07 Å². The van der Waals surface area contributed by atoms with E-state index in [2.05, 4.69) is 4.98 Å². The molecule has 0 saturated heterocycles. The minimum absolute atomic E-state index is 0.0764. The second-order valence-electron chi connectivity index (χ2n) is 2.09. The highest BCUT2D eigenvalue weighted by Crippen LogP contribution is 2.19. The highest BCUT2D eigenvalue weighted by molar-refractivity contribution is 6.31. The normalized spacial score (nSPS) is 8.43. The van der Waals surface area contributed by atoms with Crippen molar-refractivity contribution in [3.05, 3.63) is 33.6 Å². The largest absolute Gasteiger partial charge is 0.481 e. The van der Waals surface area contributed by atoms with E-state index in [1.165, 1.54) is 18.3 Å². The van der Waals surface area contributed by atoms with Crippen LogP contribution in [0.15, 0.2) is 18.3 Å². The maximum Gasteiger partial charge on any atom is 0.306 e. The molecule has 0 aliphatic rings. The first-order chi connectivity index (χ1) is 6.45. The van der Waals surface area contributed by atoms with Crippen LogP contribution in [0, 0.1) is 10.1 Å². The summed E-state index contributed by atoms with van der Waals surface area (Å²) >= 11 is 5.37. The van der Waals surface area contributed by atoms with Gasteiger partial charge in [-0.15, -0.1) is 0 Å². The quantitative estimate of drug-likeness (QED) is 0.440. The van der Waals surface area contributed by atoms with Crippen LogP contribution in [-0.4, -0.2) is 21.0 Å². The van der Waals surface area contributed by atoms with Gasteiger partial charge in [0.2, 0.25) is 5.15 Å². The van der Waals surface area contributed by atoms with Crippen LogP contribution >= 0.6 is 11.6 Å². The molecule has 14 heavy (non-hydrogen) atoms. The number of carboxylic acid groups (broad SMARTS) is 1. The highest BCUT2D eigenvalue weighted by Gasteiger charge is 2.09. The van der Waals surface area contributed by atoms with E-state index in [-0.39, 0.29) is 10.8 Å². The topological polar surface area (TPSA) is 93.3 Å². The molecule has 1 rings (SSSR count). The fourth-order valence-corrected chi connectivity index (χ4v) is 0.702. The molecule has 7 heteroatoms. The zero-order chi connectivity index (χ0) is 11.1. The van der Waals surface area contributed by atoms with Crippen LogP contribution in [0.5, 0.6) is 0 Å². The first-order valence-corrected chi connectivity index (χ1v) is 3.77. The first-order valence-electron chi connectivity index (χ1n) is 3.39. The Hall–Kier alpha value is -1.69. The highest BCUT2D eigenvalue weighted by atomic mass is 35.5. The van der Waals surface area contributed by atoms with Gasteiger partial charge in [-0.1, -0.05) is 11.6 Å². The molecule has 0 aliphatic carbocycles. The van der Waals surface area contributed by atoms with Gasteiger partial charge < -0.3 is 5.11 Å². The lowest BCUT2D eigenvalue weighted by molar-refractivity contribution is -0.385. The number of carboxylic acids is 1. The Kier molecular flexibility index (Phi) is 5.16. The number of carbonyl (C=O) groups is 1. The lowest BCUT2D eigenvalue weighted by Gasteiger charge is -1.89. The molecule has 76 valence electrons. The standard InChI is InChI=1S/C5H3ClN2O2.C2H4O2/c6-5-4(8(9)10)2-1-3-7-5;1-2(3)4/h1-3H;1H3,(H,3,4). The van der Waals surface area contributed by atoms with Gasteiger partial charge in [-0.3, -0.25) is 14.9 Å². The molecule has 0 bridgehead atoms. The second-order valence-corrected chi connectivity index (χ2v) is 2.45. The van der Waals surface area contributed by atoms with Crippen LogP contribution in [0.4, 0.5) is 5.69 Å². The van der Waals surface area contributed by atoms with Gasteiger partial charge in [0.25, 0.3) is 5.97 Å². The van der Waals surface area contributed by atoms with E-state index in [1.807, 2.05) is 0 Å². The van der Waals surface area contributed by atoms with E-state index in [1.54, 1.807) is 0 Å². The molecule has 0 aromatic carbocycles. The predicted octanol–water partition coefficient (Wildman–Crippen LogP) is 1.73. The van der Waals surface area contributed by atoms with Crippen LogP contribution in [0.3, 0.4) is 0 Å². The van der Waals surface area contributed by atoms with Crippen molar-refractivity contribution in [2.45, 2.75) is 6.92 Å². The number of hydrogen-bond acceptors (Lipinski definition) is 4. The van der Waals surface area contributed by atoms with Gasteiger partial charge >= 0.3 is 5.69 Å². The number of aromatic nitrogens is 1. The van der Waals surface area contributed by atoms with Crippen molar-refractivity contribution in [2.24, 2.45) is 0 Å². The molecule has 1 heterocycles. The third kappa shape index (κ3) is 5.04. The third-order valence-electron chi connectivity index (χ3n) is 0.936. The van der Waals surface area contributed by atoms with Crippen molar-refractivity contribution < 1.29 is 14.8 Å². The minimum atomic E-state index is -0.833. The Balaban J connectivity index is 0.000000364. The number of hydrogen-bond donors (Lipinski definition) is 1. The molecular weight excluding hydrogens is 212 g/mol. The second kappa shape index (κ2) is 5.87. The van der Waals surface area contributed by atoms with E-state index in [4.69, 9.17) is 21.5 Å². The summed E-state index contributed by atoms with van der Waals surface area (Å²) in [5.74, 6) is -0.833. The van der Waals surface area contributed by atoms with Gasteiger partial charge in [-0.2, -0.15) is 0 Å². The summed E-state index contributed by atoms with van der Waals surface area (Å²) in [6, 6.07) is 2.76. The fraction of sp³-hybridized carbons (Fsp3) is 0.143. The van der Waals surface area contributed by atoms with Crippen molar-refractivity contribution in [3.63, 3.8) is 0 Å². The van der Waals surface area contributed by atoms with Crippen LogP contribution < -0.4 is 0 Å². The van der Waals surface area contributed by atoms with Crippen molar-refractivity contribution in [3.8, 4) is 0 Å². The van der Waals surface area contributed by atoms with E-state index < -0.39 is 10.9 Å². The predicted molar refractivity (Wildman–Crippen MR) is 49.2 cm³/mol. The molecule has 0 aliphatic heterocycles. The summed E-state index contributed by atoms with van der Waals surface area (Å²) in [6.07, 6.45) is 1.40. The van der Waals surface area contributed by atoms with E-state index in [0.29, 0.717) is 0 Å². The first kappa shape index (κ1) is 12.3. The molecule has 6 nitrogen and oxygen atoms in total. The summed E-state index contributed by atoms with van der Waals surface area (Å²) in [7, 11) is 0. The SMILES string of the molecule is CC(=O)O.O=[N+]([O-])c1cccnc1Cl. The fourth-order valence-electron chi connectivity index (χ4n) is 0.514. The lowest BCUT2D eigenvalue weighted by atomic mass is 10.4. The summed E-state index contributed by atoms with van der Waals surface area (Å²) in [6.45, 7) is 1.08. The average Bonchev–Trinajstić information content (AvgIpc) is 2.03. The van der Waals surface area contributed by atoms with Gasteiger partial charge in [0.05, 0.1) is 4.92 Å². The molecule has 1 N–H and O–H groups in total. The lowest BCUT2D eigenvalue weighted by Crippen LogP contribution is -1.89. The zero-order valence-electron chi connectivity index (χ0n) is 7.18. The molecular formula is C7H7ClN2O4. The Bertz CT molecular complexity index is 338. The smallest absolute Gasteiger partial charge is 0.306 e. The molecule has 0 unspecified atom stereocenters. The van der Waals surface area contributed by atoms with Crippen LogP contribution in [0.1, 0.15) is 6.92 Å². The molecule has 0 amide bonds. The Morgan fingerprint density at radius 1 is 1.71 bits per heavy atom. The molecule has 1 aromatic heterocycles. The summed E-state index contributed by atoms with van der Waals surface area (Å²) in [5, 5.41) is 17.4. The Morgan fingerprint density at radius 2 is 2.21 bits per heavy atom. The summed E-state index contributed by atoms with van der Waals surface area (Å²) < 4.78 is 0. The minimum Gasteiger partial charge on any atom is -0.481 e. The van der Waals surface area contributed by atoms with Crippen molar-refractivity contribution in [2.75, 3.05) is 0 Å². The van der Waals surface area contributed by atoms with Crippen molar-refractivity contribution >= 4 is 23.3 Å². The molecule has 0 atom stereocenters. The van der Waals surface area contributed by atoms with Gasteiger partial charge in [0.1, 0.15) is 0 Å². The van der Waals surface area contributed by atoms with Gasteiger partial charge in [-0.25, -0.2) is 4.98 Å². The molecule has 0 radical (unpaired) electrons. The molecule has 0 saturated carbocycles. The van der Waals surface area contributed by atoms with Gasteiger partial charge in [0, 0.05) is 19.2 Å². The van der Waals surface area contributed by atoms with Gasteiger partial charge in [0.15, 0.2) is 0 Å². The average molecular weight is 219 g/mol. The molecule has 0 fully saturated rings. The number of pyridine rings is 1. The molecule has 0 spiro atoms. The number of aliphatic carboxylic acids is 1. The maximum atomic E-state index is 10.1. The van der Waals surface area contributed by atoms with Crippen molar-refractivity contribution in [1.29, 1.82) is 0 Å². The maximum absolute atomic E-state index is 10.1. The van der Waals surface area contributed by atoms with Crippen LogP contribution in [0.25, 0.3) is 0 Å². The van der Waals surface area contributed by atoms with Crippen molar-refractivity contribution in [1.82, 2.24) is 4.98 Å². The number of halogens is 1. The van der Waals surface area contributed by atoms with E-state index in [9.17, 15) is 10.1 Å². The van der Waals surface area contributed by atoms with Crippen LogP contribution in [-0.2, 0) is 4.79 Å².